The van der Waals surface area contributed by atoms with Gasteiger partial charge in [0.1, 0.15) is 6.04 Å². The van der Waals surface area contributed by atoms with Crippen molar-refractivity contribution < 1.29 is 9.53 Å². The van der Waals surface area contributed by atoms with E-state index < -0.39 is 0 Å². The molecule has 1 aliphatic heterocycles. The monoisotopic (exact) mass is 277 g/mol. The molecule has 110 valence electrons. The van der Waals surface area contributed by atoms with Crippen molar-refractivity contribution in [2.45, 2.75) is 25.9 Å². The fourth-order valence-corrected chi connectivity index (χ4v) is 2.47. The van der Waals surface area contributed by atoms with Crippen LogP contribution in [0, 0.1) is 0 Å². The second kappa shape index (κ2) is 7.26. The lowest BCUT2D eigenvalue weighted by molar-refractivity contribution is -0.121. The Kier molecular flexibility index (Phi) is 5.38. The van der Waals surface area contributed by atoms with Crippen LogP contribution < -0.4 is 16.0 Å². The number of primary amides is 1. The summed E-state index contributed by atoms with van der Waals surface area (Å²) >= 11 is 0. The van der Waals surface area contributed by atoms with Crippen LogP contribution in [-0.2, 0) is 16.1 Å². The summed E-state index contributed by atoms with van der Waals surface area (Å²) < 4.78 is 5.38. The van der Waals surface area contributed by atoms with Crippen LogP contribution in [-0.4, -0.2) is 38.3 Å². The maximum absolute atomic E-state index is 11.6. The Morgan fingerprint density at radius 1 is 1.50 bits per heavy atom. The maximum atomic E-state index is 11.6. The lowest BCUT2D eigenvalue weighted by Gasteiger charge is -2.36. The van der Waals surface area contributed by atoms with Crippen LogP contribution in [0.2, 0.25) is 0 Å². The zero-order valence-electron chi connectivity index (χ0n) is 12.0. The van der Waals surface area contributed by atoms with Crippen molar-refractivity contribution in [1.29, 1.82) is 0 Å². The number of morpholine rings is 1. The molecule has 0 aromatic heterocycles. The third-order valence-corrected chi connectivity index (χ3v) is 3.50. The molecule has 1 fully saturated rings. The molecule has 5 nitrogen and oxygen atoms in total. The van der Waals surface area contributed by atoms with Gasteiger partial charge in [-0.1, -0.05) is 25.1 Å². The van der Waals surface area contributed by atoms with Gasteiger partial charge in [0.25, 0.3) is 0 Å². The molecule has 1 aromatic carbocycles. The van der Waals surface area contributed by atoms with Gasteiger partial charge in [0.15, 0.2) is 0 Å². The van der Waals surface area contributed by atoms with Gasteiger partial charge in [0.2, 0.25) is 5.91 Å². The SMILES string of the molecule is CCCNCc1ccccc1N1CCOCC1C(N)=O. The second-order valence-corrected chi connectivity index (χ2v) is 4.99. The van der Waals surface area contributed by atoms with E-state index in [4.69, 9.17) is 10.5 Å². The molecule has 1 heterocycles. The quantitative estimate of drug-likeness (QED) is 0.757. The van der Waals surface area contributed by atoms with Gasteiger partial charge in [-0.25, -0.2) is 0 Å². The number of amides is 1. The summed E-state index contributed by atoms with van der Waals surface area (Å²) in [7, 11) is 0. The molecule has 1 saturated heterocycles. The predicted octanol–water partition coefficient (Wildman–Crippen LogP) is 0.877. The molecule has 1 atom stereocenters. The van der Waals surface area contributed by atoms with Gasteiger partial charge in [-0.3, -0.25) is 4.79 Å². The minimum Gasteiger partial charge on any atom is -0.377 e. The van der Waals surface area contributed by atoms with E-state index in [0.717, 1.165) is 25.2 Å². The molecule has 1 aromatic rings. The van der Waals surface area contributed by atoms with Gasteiger partial charge >= 0.3 is 0 Å². The van der Waals surface area contributed by atoms with Crippen molar-refractivity contribution in [3.63, 3.8) is 0 Å². The first kappa shape index (κ1) is 14.8. The molecule has 0 bridgehead atoms. The molecule has 0 aliphatic carbocycles. The molecule has 0 spiro atoms. The Morgan fingerprint density at radius 2 is 2.30 bits per heavy atom. The van der Waals surface area contributed by atoms with E-state index in [1.807, 2.05) is 18.2 Å². The zero-order valence-corrected chi connectivity index (χ0v) is 12.0. The van der Waals surface area contributed by atoms with E-state index in [0.29, 0.717) is 19.8 Å². The minimum absolute atomic E-state index is 0.332. The lowest BCUT2D eigenvalue weighted by atomic mass is 10.1. The summed E-state index contributed by atoms with van der Waals surface area (Å²) in [5.74, 6) is -0.332. The zero-order chi connectivity index (χ0) is 14.4. The topological polar surface area (TPSA) is 67.6 Å². The molecule has 5 heteroatoms. The van der Waals surface area contributed by atoms with E-state index in [1.165, 1.54) is 5.56 Å². The first-order valence-corrected chi connectivity index (χ1v) is 7.16. The number of nitrogens with zero attached hydrogens (tertiary/aromatic N) is 1. The molecule has 20 heavy (non-hydrogen) atoms. The highest BCUT2D eigenvalue weighted by Crippen LogP contribution is 2.24. The minimum atomic E-state index is -0.379. The number of nitrogens with two attached hydrogens (primary N) is 1. The van der Waals surface area contributed by atoms with Crippen molar-refractivity contribution >= 4 is 11.6 Å². The predicted molar refractivity (Wildman–Crippen MR) is 79.6 cm³/mol. The fourth-order valence-electron chi connectivity index (χ4n) is 2.47. The molecule has 2 rings (SSSR count). The van der Waals surface area contributed by atoms with Crippen LogP contribution in [0.1, 0.15) is 18.9 Å². The van der Waals surface area contributed by atoms with E-state index in [9.17, 15) is 4.79 Å². The van der Waals surface area contributed by atoms with Crippen LogP contribution in [0.3, 0.4) is 0 Å². The van der Waals surface area contributed by atoms with Crippen molar-refractivity contribution in [2.24, 2.45) is 5.73 Å². The Labute approximate surface area is 120 Å². The number of benzene rings is 1. The van der Waals surface area contributed by atoms with Crippen molar-refractivity contribution in [1.82, 2.24) is 5.32 Å². The average molecular weight is 277 g/mol. The third kappa shape index (κ3) is 3.49. The molecular formula is C15H23N3O2. The number of rotatable bonds is 6. The number of carbonyl (C=O) groups excluding carboxylic acids is 1. The first-order valence-electron chi connectivity index (χ1n) is 7.16. The molecular weight excluding hydrogens is 254 g/mol. The highest BCUT2D eigenvalue weighted by Gasteiger charge is 2.28. The fraction of sp³-hybridized carbons (Fsp3) is 0.533. The van der Waals surface area contributed by atoms with Crippen molar-refractivity contribution in [3.05, 3.63) is 29.8 Å². The molecule has 0 radical (unpaired) electrons. The maximum Gasteiger partial charge on any atom is 0.242 e. The number of anilines is 1. The van der Waals surface area contributed by atoms with Crippen LogP contribution in [0.15, 0.2) is 24.3 Å². The number of nitrogens with one attached hydrogen (secondary N) is 1. The summed E-state index contributed by atoms with van der Waals surface area (Å²) in [5.41, 5.74) is 7.75. The Bertz CT molecular complexity index is 450. The molecule has 0 saturated carbocycles. The molecule has 1 amide bonds. The first-order chi connectivity index (χ1) is 9.74. The second-order valence-electron chi connectivity index (χ2n) is 4.99. The van der Waals surface area contributed by atoms with Gasteiger partial charge in [-0.2, -0.15) is 0 Å². The number of carbonyl (C=O) groups is 1. The molecule has 1 unspecified atom stereocenters. The largest absolute Gasteiger partial charge is 0.377 e. The van der Waals surface area contributed by atoms with Gasteiger partial charge in [-0.05, 0) is 24.6 Å². The summed E-state index contributed by atoms with van der Waals surface area (Å²) in [5, 5.41) is 3.40. The Morgan fingerprint density at radius 3 is 3.05 bits per heavy atom. The van der Waals surface area contributed by atoms with Crippen molar-refractivity contribution in [3.8, 4) is 0 Å². The summed E-state index contributed by atoms with van der Waals surface area (Å²) in [6.45, 7) is 5.61. The van der Waals surface area contributed by atoms with Gasteiger partial charge in [0.05, 0.1) is 13.2 Å². The number of hydrogen-bond donors (Lipinski definition) is 2. The van der Waals surface area contributed by atoms with Crippen molar-refractivity contribution in [2.75, 3.05) is 31.2 Å². The summed E-state index contributed by atoms with van der Waals surface area (Å²) in [4.78, 5) is 13.7. The van der Waals surface area contributed by atoms with Crippen LogP contribution >= 0.6 is 0 Å². The summed E-state index contributed by atoms with van der Waals surface area (Å²) in [6, 6.07) is 7.77. The van der Waals surface area contributed by atoms with Gasteiger partial charge in [-0.15, -0.1) is 0 Å². The van der Waals surface area contributed by atoms with Crippen LogP contribution in [0.4, 0.5) is 5.69 Å². The number of para-hydroxylation sites is 1. The van der Waals surface area contributed by atoms with Crippen LogP contribution in [0.5, 0.6) is 0 Å². The average Bonchev–Trinajstić information content (AvgIpc) is 2.48. The smallest absolute Gasteiger partial charge is 0.242 e. The molecule has 3 N–H and O–H groups in total. The van der Waals surface area contributed by atoms with Crippen LogP contribution in [0.25, 0.3) is 0 Å². The summed E-state index contributed by atoms with van der Waals surface area (Å²) in [6.07, 6.45) is 1.10. The lowest BCUT2D eigenvalue weighted by Crippen LogP contribution is -2.53. The number of hydrogen-bond acceptors (Lipinski definition) is 4. The van der Waals surface area contributed by atoms with E-state index in [2.05, 4.69) is 23.2 Å². The normalized spacial score (nSPS) is 19.1. The highest BCUT2D eigenvalue weighted by atomic mass is 16.5. The Hall–Kier alpha value is -1.59. The highest BCUT2D eigenvalue weighted by molar-refractivity contribution is 5.84. The van der Waals surface area contributed by atoms with E-state index in [-0.39, 0.29) is 11.9 Å². The molecule has 1 aliphatic rings. The number of ether oxygens (including phenoxy) is 1. The Balaban J connectivity index is 2.19. The van der Waals surface area contributed by atoms with E-state index >= 15 is 0 Å². The third-order valence-electron chi connectivity index (χ3n) is 3.50. The van der Waals surface area contributed by atoms with Gasteiger partial charge < -0.3 is 20.7 Å². The van der Waals surface area contributed by atoms with E-state index in [1.54, 1.807) is 0 Å². The van der Waals surface area contributed by atoms with Gasteiger partial charge in [0, 0.05) is 18.8 Å². The standard InChI is InChI=1S/C15H23N3O2/c1-2-7-17-10-12-5-3-4-6-13(12)18-8-9-20-11-14(18)15(16)19/h3-6,14,17H,2,7-11H2,1H3,(H2,16,19).